The predicted octanol–water partition coefficient (Wildman–Crippen LogP) is 3.63. The van der Waals surface area contributed by atoms with E-state index >= 15 is 0 Å². The molecule has 4 rings (SSSR count). The van der Waals surface area contributed by atoms with Crippen LogP contribution in [0.3, 0.4) is 0 Å². The van der Waals surface area contributed by atoms with E-state index in [0.717, 1.165) is 56.8 Å². The maximum absolute atomic E-state index is 6.55. The van der Waals surface area contributed by atoms with Crippen molar-refractivity contribution >= 4 is 17.4 Å². The second-order valence-electron chi connectivity index (χ2n) is 8.51. The van der Waals surface area contributed by atoms with Crippen molar-refractivity contribution in [3.63, 3.8) is 0 Å². The molecule has 6 heteroatoms. The molecule has 0 aromatic heterocycles. The lowest BCUT2D eigenvalue weighted by Crippen LogP contribution is -2.41. The van der Waals surface area contributed by atoms with Gasteiger partial charge in [-0.2, -0.15) is 0 Å². The first kappa shape index (κ1) is 19.8. The maximum Gasteiger partial charge on any atom is 0.256 e. The van der Waals surface area contributed by atoms with Crippen LogP contribution in [0.25, 0.3) is 0 Å². The van der Waals surface area contributed by atoms with Crippen molar-refractivity contribution in [1.82, 2.24) is 10.2 Å². The molecule has 2 aliphatic heterocycles. The molecule has 0 radical (unpaired) electrons. The van der Waals surface area contributed by atoms with Crippen LogP contribution in [0, 0.1) is 5.92 Å². The van der Waals surface area contributed by atoms with Crippen LogP contribution in [-0.4, -0.2) is 49.5 Å². The highest BCUT2D eigenvalue weighted by atomic mass is 32.1. The number of nitrogens with one attached hydrogen (secondary N) is 1. The average molecular weight is 405 g/mol. The molecule has 28 heavy (non-hydrogen) atoms. The highest BCUT2D eigenvalue weighted by molar-refractivity contribution is 7.80. The van der Waals surface area contributed by atoms with Gasteiger partial charge >= 0.3 is 0 Å². The van der Waals surface area contributed by atoms with Gasteiger partial charge in [-0.25, -0.2) is 0 Å². The Bertz CT molecular complexity index is 756. The predicted molar refractivity (Wildman–Crippen MR) is 114 cm³/mol. The molecule has 0 bridgehead atoms. The van der Waals surface area contributed by atoms with Crippen molar-refractivity contribution in [2.24, 2.45) is 5.92 Å². The quantitative estimate of drug-likeness (QED) is 0.597. The number of rotatable bonds is 5. The van der Waals surface area contributed by atoms with Crippen LogP contribution in [0.2, 0.25) is 0 Å². The summed E-state index contributed by atoms with van der Waals surface area (Å²) in [5, 5.41) is 3.78. The normalized spacial score (nSPS) is 30.8. The number of methoxy groups -OCH3 is 1. The van der Waals surface area contributed by atoms with Crippen LogP contribution < -0.4 is 14.8 Å². The standard InChI is InChI=1S/C22H32N2O3S/c1-5-6-10-23-21(28)26-17-12-18-22(14(17)2)9-11-24(3)13-15-7-8-16(25-4)20(27-18)19(15)22/h7-8,14,17-18H,5-6,9-13H2,1-4H3,(H,23,28)/t14?,17-,18+,22-/m0/s1. The summed E-state index contributed by atoms with van der Waals surface area (Å²) in [4.78, 5) is 2.41. The zero-order chi connectivity index (χ0) is 19.9. The van der Waals surface area contributed by atoms with E-state index in [1.165, 1.54) is 11.1 Å². The Kier molecular flexibility index (Phi) is 5.45. The Morgan fingerprint density at radius 1 is 1.43 bits per heavy atom. The summed E-state index contributed by atoms with van der Waals surface area (Å²) in [6.45, 7) is 7.35. The molecular formula is C22H32N2O3S. The average Bonchev–Trinajstić information content (AvgIpc) is 3.06. The Morgan fingerprint density at radius 3 is 3.00 bits per heavy atom. The molecule has 4 atom stereocenters. The first-order chi connectivity index (χ1) is 13.5. The van der Waals surface area contributed by atoms with Gasteiger partial charge in [0.2, 0.25) is 0 Å². The van der Waals surface area contributed by atoms with E-state index in [0.29, 0.717) is 11.1 Å². The molecule has 5 nitrogen and oxygen atoms in total. The molecule has 3 aliphatic rings. The molecule has 1 saturated carbocycles. The molecule has 0 saturated heterocycles. The first-order valence-corrected chi connectivity index (χ1v) is 10.9. The smallest absolute Gasteiger partial charge is 0.256 e. The third-order valence-corrected chi connectivity index (χ3v) is 7.19. The van der Waals surface area contributed by atoms with Crippen molar-refractivity contribution in [2.75, 3.05) is 27.2 Å². The van der Waals surface area contributed by atoms with E-state index in [2.05, 4.69) is 37.2 Å². The molecule has 1 unspecified atom stereocenters. The van der Waals surface area contributed by atoms with E-state index in [1.54, 1.807) is 7.11 Å². The van der Waals surface area contributed by atoms with Crippen LogP contribution in [0.5, 0.6) is 11.5 Å². The van der Waals surface area contributed by atoms with Crippen LogP contribution in [0.1, 0.15) is 50.7 Å². The van der Waals surface area contributed by atoms with E-state index in [9.17, 15) is 0 Å². The number of hydrogen-bond acceptors (Lipinski definition) is 5. The maximum atomic E-state index is 6.55. The first-order valence-electron chi connectivity index (χ1n) is 10.5. The topological polar surface area (TPSA) is 43.0 Å². The zero-order valence-electron chi connectivity index (χ0n) is 17.4. The Balaban J connectivity index is 1.64. The molecular weight excluding hydrogens is 372 g/mol. The molecule has 1 fully saturated rings. The van der Waals surface area contributed by atoms with Gasteiger partial charge < -0.3 is 24.4 Å². The van der Waals surface area contributed by atoms with Gasteiger partial charge in [-0.05, 0) is 50.3 Å². The molecule has 1 N–H and O–H groups in total. The Morgan fingerprint density at radius 2 is 2.25 bits per heavy atom. The van der Waals surface area contributed by atoms with Crippen molar-refractivity contribution in [3.8, 4) is 11.5 Å². The Labute approximate surface area is 173 Å². The van der Waals surface area contributed by atoms with E-state index in [-0.39, 0.29) is 17.6 Å². The monoisotopic (exact) mass is 404 g/mol. The number of ether oxygens (including phenoxy) is 3. The number of hydrogen-bond donors (Lipinski definition) is 1. The van der Waals surface area contributed by atoms with Gasteiger partial charge in [0.05, 0.1) is 7.11 Å². The summed E-state index contributed by atoms with van der Waals surface area (Å²) in [6, 6.07) is 4.26. The number of unbranched alkanes of at least 4 members (excludes halogenated alkanes) is 1. The molecule has 1 spiro atoms. The number of benzene rings is 1. The molecule has 154 valence electrons. The highest BCUT2D eigenvalue weighted by Crippen LogP contribution is 2.61. The van der Waals surface area contributed by atoms with Gasteiger partial charge in [0, 0.05) is 36.4 Å². The van der Waals surface area contributed by atoms with Crippen molar-refractivity contribution in [1.29, 1.82) is 0 Å². The largest absolute Gasteiger partial charge is 0.493 e. The van der Waals surface area contributed by atoms with E-state index in [1.807, 2.05) is 6.07 Å². The fourth-order valence-corrected chi connectivity index (χ4v) is 5.64. The summed E-state index contributed by atoms with van der Waals surface area (Å²) in [6.07, 6.45) is 4.35. The van der Waals surface area contributed by atoms with Crippen molar-refractivity contribution in [2.45, 2.75) is 63.7 Å². The fourth-order valence-electron chi connectivity index (χ4n) is 5.41. The van der Waals surface area contributed by atoms with Gasteiger partial charge in [0.15, 0.2) is 11.5 Å². The minimum atomic E-state index is -0.0341. The minimum Gasteiger partial charge on any atom is -0.493 e. The van der Waals surface area contributed by atoms with Gasteiger partial charge in [-0.3, -0.25) is 0 Å². The third kappa shape index (κ3) is 3.05. The van der Waals surface area contributed by atoms with Gasteiger partial charge in [-0.1, -0.05) is 26.3 Å². The third-order valence-electron chi connectivity index (χ3n) is 6.95. The Hall–Kier alpha value is -1.53. The summed E-state index contributed by atoms with van der Waals surface area (Å²) in [5.41, 5.74) is 2.67. The highest BCUT2D eigenvalue weighted by Gasteiger charge is 2.62. The molecule has 1 aromatic rings. The van der Waals surface area contributed by atoms with Gasteiger partial charge in [0.25, 0.3) is 5.17 Å². The molecule has 2 heterocycles. The van der Waals surface area contributed by atoms with Crippen LogP contribution in [-0.2, 0) is 16.7 Å². The SMILES string of the molecule is CCCCNC(=S)O[C@H]1C[C@H]2Oc3c(OC)ccc4c3[C@@]2(CCN(C)C4)C1C. The van der Waals surface area contributed by atoms with E-state index < -0.39 is 0 Å². The zero-order valence-corrected chi connectivity index (χ0v) is 18.2. The molecule has 1 aliphatic carbocycles. The number of nitrogens with zero attached hydrogens (tertiary/aromatic N) is 1. The van der Waals surface area contributed by atoms with Gasteiger partial charge in [0.1, 0.15) is 12.2 Å². The molecule has 1 aromatic carbocycles. The molecule has 0 amide bonds. The van der Waals surface area contributed by atoms with Crippen molar-refractivity contribution in [3.05, 3.63) is 23.3 Å². The number of thiocarbonyl (C=S) groups is 1. The summed E-state index contributed by atoms with van der Waals surface area (Å²) in [5.74, 6) is 2.12. The summed E-state index contributed by atoms with van der Waals surface area (Å²) >= 11 is 5.46. The minimum absolute atomic E-state index is 0.0341. The van der Waals surface area contributed by atoms with Gasteiger partial charge in [-0.15, -0.1) is 0 Å². The fraction of sp³-hybridized carbons (Fsp3) is 0.682. The summed E-state index contributed by atoms with van der Waals surface area (Å²) < 4.78 is 18.4. The van der Waals surface area contributed by atoms with Crippen LogP contribution in [0.4, 0.5) is 0 Å². The summed E-state index contributed by atoms with van der Waals surface area (Å²) in [7, 11) is 3.92. The van der Waals surface area contributed by atoms with E-state index in [4.69, 9.17) is 26.4 Å². The second-order valence-corrected chi connectivity index (χ2v) is 8.88. The van der Waals surface area contributed by atoms with Crippen LogP contribution >= 0.6 is 12.2 Å². The van der Waals surface area contributed by atoms with Crippen molar-refractivity contribution < 1.29 is 14.2 Å². The lowest BCUT2D eigenvalue weighted by molar-refractivity contribution is 0.120. The lowest BCUT2D eigenvalue weighted by atomic mass is 9.69. The lowest BCUT2D eigenvalue weighted by Gasteiger charge is -2.34. The second kappa shape index (κ2) is 7.71. The van der Waals surface area contributed by atoms with Crippen LogP contribution in [0.15, 0.2) is 12.1 Å².